The summed E-state index contributed by atoms with van der Waals surface area (Å²) in [6.07, 6.45) is -0.950. The summed E-state index contributed by atoms with van der Waals surface area (Å²) in [4.78, 5) is 28.9. The van der Waals surface area contributed by atoms with E-state index in [4.69, 9.17) is 11.6 Å². The highest BCUT2D eigenvalue weighted by molar-refractivity contribution is 6.31. The van der Waals surface area contributed by atoms with E-state index in [9.17, 15) is 22.8 Å². The molecule has 1 aliphatic rings. The molecule has 3 amide bonds. The number of rotatable bonds is 4. The maximum atomic E-state index is 13.1. The van der Waals surface area contributed by atoms with Gasteiger partial charge in [0.15, 0.2) is 0 Å². The zero-order chi connectivity index (χ0) is 24.9. The second-order valence-electron chi connectivity index (χ2n) is 8.27. The molecule has 0 radical (unpaired) electrons. The van der Waals surface area contributed by atoms with E-state index >= 15 is 0 Å². The summed E-state index contributed by atoms with van der Waals surface area (Å²) in [5.74, 6) is -0.287. The van der Waals surface area contributed by atoms with E-state index in [-0.39, 0.29) is 11.6 Å². The number of carbonyl (C=O) groups is 2. The van der Waals surface area contributed by atoms with Gasteiger partial charge in [-0.3, -0.25) is 4.79 Å². The Morgan fingerprint density at radius 3 is 2.34 bits per heavy atom. The van der Waals surface area contributed by atoms with Gasteiger partial charge in [-0.1, -0.05) is 17.7 Å². The molecule has 0 aliphatic heterocycles. The SMILES string of the molecule is CNC(=O)c1cc2c3ccc(NC(=O)Nc4ccc(Cl)c(C(F)(F)F)c4)cc3n(C3CC3)c2cn1. The first-order chi connectivity index (χ1) is 16.7. The maximum absolute atomic E-state index is 13.1. The van der Waals surface area contributed by atoms with Crippen LogP contribution in [0.4, 0.5) is 29.3 Å². The van der Waals surface area contributed by atoms with Crippen LogP contribution in [0.15, 0.2) is 48.7 Å². The number of halogens is 4. The third kappa shape index (κ3) is 4.37. The number of amides is 3. The summed E-state index contributed by atoms with van der Waals surface area (Å²) in [5.41, 5.74) is 1.44. The number of anilines is 2. The Bertz CT molecular complexity index is 1490. The number of aromatic nitrogens is 2. The van der Waals surface area contributed by atoms with E-state index in [1.807, 2.05) is 6.07 Å². The fourth-order valence-corrected chi connectivity index (χ4v) is 4.34. The number of nitrogens with zero attached hydrogens (tertiary/aromatic N) is 2. The van der Waals surface area contributed by atoms with Crippen LogP contribution in [0.5, 0.6) is 0 Å². The van der Waals surface area contributed by atoms with Crippen molar-refractivity contribution < 1.29 is 22.8 Å². The lowest BCUT2D eigenvalue weighted by Crippen LogP contribution is -2.20. The summed E-state index contributed by atoms with van der Waals surface area (Å²) in [7, 11) is 1.54. The fourth-order valence-electron chi connectivity index (χ4n) is 4.11. The largest absolute Gasteiger partial charge is 0.417 e. The van der Waals surface area contributed by atoms with Gasteiger partial charge in [-0.15, -0.1) is 0 Å². The summed E-state index contributed by atoms with van der Waals surface area (Å²) >= 11 is 5.64. The predicted octanol–water partition coefficient (Wildman–Crippen LogP) is 6.20. The Labute approximate surface area is 202 Å². The molecular formula is C24H19ClF3N5O2. The number of hydrogen-bond acceptors (Lipinski definition) is 3. The Morgan fingerprint density at radius 2 is 1.69 bits per heavy atom. The van der Waals surface area contributed by atoms with E-state index in [2.05, 4.69) is 25.5 Å². The number of benzene rings is 2. The minimum absolute atomic E-state index is 0.0415. The quantitative estimate of drug-likeness (QED) is 0.311. The van der Waals surface area contributed by atoms with Crippen LogP contribution < -0.4 is 16.0 Å². The molecule has 7 nitrogen and oxygen atoms in total. The zero-order valence-electron chi connectivity index (χ0n) is 18.3. The predicted molar refractivity (Wildman–Crippen MR) is 128 cm³/mol. The number of nitrogens with one attached hydrogen (secondary N) is 3. The first-order valence-electron chi connectivity index (χ1n) is 10.8. The van der Waals surface area contributed by atoms with Crippen molar-refractivity contribution in [3.05, 3.63) is 64.9 Å². The molecule has 0 spiro atoms. The van der Waals surface area contributed by atoms with Crippen LogP contribution in [0.25, 0.3) is 21.8 Å². The van der Waals surface area contributed by atoms with Crippen LogP contribution in [0.2, 0.25) is 5.02 Å². The molecule has 2 heterocycles. The van der Waals surface area contributed by atoms with E-state index in [0.29, 0.717) is 17.4 Å². The molecule has 11 heteroatoms. The number of carbonyl (C=O) groups excluding carboxylic acids is 2. The smallest absolute Gasteiger partial charge is 0.354 e. The van der Waals surface area contributed by atoms with Gasteiger partial charge in [-0.05, 0) is 49.2 Å². The number of alkyl halides is 3. The van der Waals surface area contributed by atoms with Crippen LogP contribution in [0, 0.1) is 0 Å². The Balaban J connectivity index is 1.46. The van der Waals surface area contributed by atoms with Gasteiger partial charge < -0.3 is 20.5 Å². The fraction of sp³-hybridized carbons (Fsp3) is 0.208. The van der Waals surface area contributed by atoms with Gasteiger partial charge in [-0.25, -0.2) is 9.78 Å². The third-order valence-corrected chi connectivity index (χ3v) is 6.18. The molecule has 0 bridgehead atoms. The summed E-state index contributed by atoms with van der Waals surface area (Å²) < 4.78 is 41.5. The highest BCUT2D eigenvalue weighted by atomic mass is 35.5. The van der Waals surface area contributed by atoms with E-state index in [0.717, 1.165) is 46.8 Å². The summed E-state index contributed by atoms with van der Waals surface area (Å²) in [5, 5.41) is 8.97. The molecule has 4 aromatic rings. The summed E-state index contributed by atoms with van der Waals surface area (Å²) in [6, 6.07) is 9.84. The second-order valence-corrected chi connectivity index (χ2v) is 8.68. The molecular weight excluding hydrogens is 483 g/mol. The van der Waals surface area contributed by atoms with Crippen molar-refractivity contribution in [1.29, 1.82) is 0 Å². The molecule has 0 atom stereocenters. The molecule has 5 rings (SSSR count). The molecule has 3 N–H and O–H groups in total. The molecule has 180 valence electrons. The Kier molecular flexibility index (Phi) is 5.55. The van der Waals surface area contributed by atoms with Gasteiger partial charge in [0.25, 0.3) is 5.91 Å². The first-order valence-corrected chi connectivity index (χ1v) is 11.1. The van der Waals surface area contributed by atoms with E-state index in [1.165, 1.54) is 6.07 Å². The average Bonchev–Trinajstić information content (AvgIpc) is 3.60. The normalized spacial score (nSPS) is 13.7. The monoisotopic (exact) mass is 501 g/mol. The van der Waals surface area contributed by atoms with E-state index < -0.39 is 22.8 Å². The van der Waals surface area contributed by atoms with Gasteiger partial charge in [0, 0.05) is 35.2 Å². The van der Waals surface area contributed by atoms with Gasteiger partial charge in [0.05, 0.1) is 27.8 Å². The van der Waals surface area contributed by atoms with Crippen molar-refractivity contribution in [2.75, 3.05) is 17.7 Å². The van der Waals surface area contributed by atoms with Gasteiger partial charge in [0.2, 0.25) is 0 Å². The molecule has 2 aromatic heterocycles. The van der Waals surface area contributed by atoms with Crippen molar-refractivity contribution in [2.24, 2.45) is 0 Å². The zero-order valence-corrected chi connectivity index (χ0v) is 19.1. The van der Waals surface area contributed by atoms with Crippen molar-refractivity contribution in [3.63, 3.8) is 0 Å². The van der Waals surface area contributed by atoms with Gasteiger partial charge in [0.1, 0.15) is 5.69 Å². The van der Waals surface area contributed by atoms with Crippen molar-refractivity contribution in [3.8, 4) is 0 Å². The highest BCUT2D eigenvalue weighted by Gasteiger charge is 2.33. The second kappa shape index (κ2) is 8.46. The molecule has 1 saturated carbocycles. The minimum atomic E-state index is -4.64. The molecule has 2 aromatic carbocycles. The van der Waals surface area contributed by atoms with Crippen molar-refractivity contribution >= 4 is 56.7 Å². The molecule has 0 saturated heterocycles. The number of urea groups is 1. The topological polar surface area (TPSA) is 88.0 Å². The molecule has 35 heavy (non-hydrogen) atoms. The molecule has 1 fully saturated rings. The van der Waals surface area contributed by atoms with Gasteiger partial charge >= 0.3 is 12.2 Å². The number of hydrogen-bond donors (Lipinski definition) is 3. The van der Waals surface area contributed by atoms with Crippen molar-refractivity contribution in [2.45, 2.75) is 25.1 Å². The lowest BCUT2D eigenvalue weighted by molar-refractivity contribution is -0.137. The number of fused-ring (bicyclic) bond motifs is 3. The van der Waals surface area contributed by atoms with Crippen LogP contribution in [0.1, 0.15) is 34.9 Å². The third-order valence-electron chi connectivity index (χ3n) is 5.85. The lowest BCUT2D eigenvalue weighted by atomic mass is 10.1. The van der Waals surface area contributed by atoms with Crippen LogP contribution in [-0.4, -0.2) is 28.5 Å². The van der Waals surface area contributed by atoms with E-state index in [1.54, 1.807) is 31.4 Å². The lowest BCUT2D eigenvalue weighted by Gasteiger charge is -2.12. The standard InChI is InChI=1S/C24H19ClF3N5O2/c1-29-22(34)19-10-16-15-6-2-13(9-20(15)33(14-4-5-14)21(16)11-30-19)32-23(35)31-12-3-7-18(25)17(8-12)24(26,27)28/h2-3,6-11,14H,4-5H2,1H3,(H,29,34)(H2,31,32,35). The average molecular weight is 502 g/mol. The Morgan fingerprint density at radius 1 is 1.00 bits per heavy atom. The van der Waals surface area contributed by atoms with Crippen LogP contribution in [-0.2, 0) is 6.18 Å². The first kappa shape index (κ1) is 23.0. The van der Waals surface area contributed by atoms with Crippen LogP contribution >= 0.6 is 11.6 Å². The number of pyridine rings is 1. The van der Waals surface area contributed by atoms with Crippen LogP contribution in [0.3, 0.4) is 0 Å². The maximum Gasteiger partial charge on any atom is 0.417 e. The summed E-state index contributed by atoms with van der Waals surface area (Å²) in [6.45, 7) is 0. The minimum Gasteiger partial charge on any atom is -0.354 e. The highest BCUT2D eigenvalue weighted by Crippen LogP contribution is 2.43. The van der Waals surface area contributed by atoms with Crippen molar-refractivity contribution in [1.82, 2.24) is 14.9 Å². The van der Waals surface area contributed by atoms with Gasteiger partial charge in [-0.2, -0.15) is 13.2 Å². The molecule has 0 unspecified atom stereocenters. The molecule has 1 aliphatic carbocycles. The Hall–Kier alpha value is -3.79.